The van der Waals surface area contributed by atoms with E-state index >= 15 is 0 Å². The van der Waals surface area contributed by atoms with Crippen molar-refractivity contribution in [2.24, 2.45) is 23.1 Å². The molecule has 40 heavy (non-hydrogen) atoms. The van der Waals surface area contributed by atoms with Crippen LogP contribution in [0.5, 0.6) is 0 Å². The van der Waals surface area contributed by atoms with Crippen molar-refractivity contribution in [1.82, 2.24) is 5.32 Å². The second-order valence-corrected chi connectivity index (χ2v) is 10.7. The van der Waals surface area contributed by atoms with Crippen molar-refractivity contribution < 1.29 is 24.3 Å². The molecule has 1 amide bonds. The highest BCUT2D eigenvalue weighted by atomic mass is 16.7. The zero-order valence-corrected chi connectivity index (χ0v) is 24.2. The molecule has 0 saturated heterocycles. The molecule has 1 aliphatic carbocycles. The summed E-state index contributed by atoms with van der Waals surface area (Å²) < 4.78 is 5.98. The number of hydrogen-bond donors (Lipinski definition) is 2. The lowest BCUT2D eigenvalue weighted by molar-refractivity contribution is -0.151. The van der Waals surface area contributed by atoms with E-state index in [1.54, 1.807) is 0 Å². The molecular formula is C32H48N2O6. The van der Waals surface area contributed by atoms with Crippen LogP contribution in [0.1, 0.15) is 83.6 Å². The summed E-state index contributed by atoms with van der Waals surface area (Å²) in [5.41, 5.74) is 1.21. The van der Waals surface area contributed by atoms with Gasteiger partial charge in [0.2, 0.25) is 5.91 Å². The molecule has 1 aromatic carbocycles. The van der Waals surface area contributed by atoms with E-state index in [1.165, 1.54) is 5.56 Å². The van der Waals surface area contributed by atoms with E-state index < -0.39 is 6.10 Å². The summed E-state index contributed by atoms with van der Waals surface area (Å²) in [5, 5.41) is 15.8. The Hall–Kier alpha value is -3.00. The molecule has 1 fully saturated rings. The Morgan fingerprint density at radius 3 is 2.67 bits per heavy atom. The Morgan fingerprint density at radius 1 is 1.12 bits per heavy atom. The average Bonchev–Trinajstić information content (AvgIpc) is 3.23. The fraction of sp³-hybridized carbons (Fsp3) is 0.625. The van der Waals surface area contributed by atoms with Crippen LogP contribution >= 0.6 is 0 Å². The Balaban J connectivity index is 1.94. The molecule has 1 saturated carbocycles. The summed E-state index contributed by atoms with van der Waals surface area (Å²) in [6.07, 6.45) is 15.2. The molecule has 0 radical (unpaired) electrons. The van der Waals surface area contributed by atoms with Crippen molar-refractivity contribution in [1.29, 1.82) is 0 Å². The fourth-order valence-electron chi connectivity index (χ4n) is 5.37. The monoisotopic (exact) mass is 556 g/mol. The largest absolute Gasteiger partial charge is 0.462 e. The fourth-order valence-corrected chi connectivity index (χ4v) is 5.37. The molecule has 5 atom stereocenters. The van der Waals surface area contributed by atoms with Gasteiger partial charge >= 0.3 is 5.97 Å². The molecule has 222 valence electrons. The zero-order valence-electron chi connectivity index (χ0n) is 24.2. The van der Waals surface area contributed by atoms with Crippen LogP contribution < -0.4 is 5.32 Å². The Bertz CT molecular complexity index is 919. The van der Waals surface area contributed by atoms with E-state index in [0.29, 0.717) is 44.6 Å². The molecule has 0 bridgehead atoms. The van der Waals surface area contributed by atoms with Gasteiger partial charge in [0, 0.05) is 25.3 Å². The van der Waals surface area contributed by atoms with E-state index in [0.717, 1.165) is 38.5 Å². The number of carbonyl (C=O) groups is 2. The van der Waals surface area contributed by atoms with Crippen molar-refractivity contribution in [3.8, 4) is 0 Å². The van der Waals surface area contributed by atoms with Gasteiger partial charge in [-0.15, -0.1) is 4.91 Å². The number of rotatable bonds is 20. The van der Waals surface area contributed by atoms with Gasteiger partial charge in [-0.1, -0.05) is 61.6 Å². The second-order valence-electron chi connectivity index (χ2n) is 10.7. The van der Waals surface area contributed by atoms with Crippen molar-refractivity contribution in [3.63, 3.8) is 0 Å². The maximum absolute atomic E-state index is 12.6. The van der Waals surface area contributed by atoms with E-state index in [4.69, 9.17) is 4.74 Å². The first kappa shape index (κ1) is 33.2. The number of aliphatic hydroxyl groups excluding tert-OH is 1. The number of benzene rings is 1. The molecule has 0 aliphatic heterocycles. The first-order valence-electron chi connectivity index (χ1n) is 14.9. The number of nitrogens with zero attached hydrogens (tertiary/aromatic N) is 1. The minimum atomic E-state index is -0.530. The Kier molecular flexibility index (Phi) is 16.6. The molecule has 0 aromatic heterocycles. The molecule has 2 rings (SSSR count). The normalized spacial score (nSPS) is 21.5. The lowest BCUT2D eigenvalue weighted by atomic mass is 9.86. The number of unbranched alkanes of at least 4 members (excludes halogenated alkanes) is 3. The number of carbonyl (C=O) groups excluding carboxylic acids is 2. The number of esters is 1. The average molecular weight is 557 g/mol. The summed E-state index contributed by atoms with van der Waals surface area (Å²) in [7, 11) is 0. The van der Waals surface area contributed by atoms with Crippen molar-refractivity contribution in [3.05, 3.63) is 65.1 Å². The number of allylic oxidation sites excluding steroid dienone is 3. The van der Waals surface area contributed by atoms with Gasteiger partial charge in [0.15, 0.2) is 5.34 Å². The van der Waals surface area contributed by atoms with Gasteiger partial charge < -0.3 is 20.0 Å². The molecule has 1 aliphatic rings. The number of nitrogens with one attached hydrogen (secondary N) is 1. The topological polar surface area (TPSA) is 114 Å². The summed E-state index contributed by atoms with van der Waals surface area (Å²) >= 11 is 0. The van der Waals surface area contributed by atoms with Gasteiger partial charge in [-0.3, -0.25) is 9.59 Å². The number of amides is 1. The lowest BCUT2D eigenvalue weighted by Gasteiger charge is -2.23. The van der Waals surface area contributed by atoms with Crippen LogP contribution in [0.25, 0.3) is 0 Å². The molecule has 8 nitrogen and oxygen atoms in total. The summed E-state index contributed by atoms with van der Waals surface area (Å²) in [6.45, 7) is 5.01. The highest BCUT2D eigenvalue weighted by Gasteiger charge is 2.41. The van der Waals surface area contributed by atoms with Gasteiger partial charge in [0.1, 0.15) is 12.7 Å². The minimum absolute atomic E-state index is 0.0800. The first-order valence-corrected chi connectivity index (χ1v) is 14.9. The number of aryl methyl sites for hydroxylation is 1. The third kappa shape index (κ3) is 13.4. The smallest absolute Gasteiger partial charge is 0.306 e. The highest BCUT2D eigenvalue weighted by molar-refractivity contribution is 5.75. The van der Waals surface area contributed by atoms with Crippen LogP contribution in [-0.2, 0) is 25.6 Å². The molecule has 2 N–H and O–H groups in total. The maximum Gasteiger partial charge on any atom is 0.306 e. The van der Waals surface area contributed by atoms with Crippen LogP contribution in [0.4, 0.5) is 0 Å². The molecule has 8 heteroatoms. The van der Waals surface area contributed by atoms with Crippen molar-refractivity contribution in [2.45, 2.75) is 96.7 Å². The van der Waals surface area contributed by atoms with Gasteiger partial charge in [-0.05, 0) is 82.1 Å². The van der Waals surface area contributed by atoms with Gasteiger partial charge in [0.25, 0.3) is 0 Å². The van der Waals surface area contributed by atoms with Crippen molar-refractivity contribution in [2.75, 3.05) is 13.2 Å². The highest BCUT2D eigenvalue weighted by Crippen LogP contribution is 2.42. The van der Waals surface area contributed by atoms with E-state index in [2.05, 4.69) is 52.8 Å². The first-order chi connectivity index (χ1) is 19.4. The molecular weight excluding hydrogens is 508 g/mol. The Morgan fingerprint density at radius 2 is 1.93 bits per heavy atom. The van der Waals surface area contributed by atoms with Crippen LogP contribution in [0.3, 0.4) is 0 Å². The predicted octanol–water partition coefficient (Wildman–Crippen LogP) is 6.23. The summed E-state index contributed by atoms with van der Waals surface area (Å²) in [5.74, 6) is 0.520. The van der Waals surface area contributed by atoms with Gasteiger partial charge in [-0.25, -0.2) is 0 Å². The molecule has 0 heterocycles. The van der Waals surface area contributed by atoms with E-state index in [9.17, 15) is 19.6 Å². The SMILES string of the molecule is CCNC(=O)CCC/C=C\C[C@@H]1[C@@H](/C=C/[C@@H](O)CCc2ccccc2)[C@H](C)C[C@@H]1OC(=O)CCCCCON=O. The molecule has 0 spiro atoms. The van der Waals surface area contributed by atoms with Gasteiger partial charge in [0.05, 0.1) is 6.10 Å². The third-order valence-electron chi connectivity index (χ3n) is 7.54. The predicted molar refractivity (Wildman–Crippen MR) is 157 cm³/mol. The zero-order chi connectivity index (χ0) is 29.0. The summed E-state index contributed by atoms with van der Waals surface area (Å²) in [6, 6.07) is 10.2. The van der Waals surface area contributed by atoms with E-state index in [1.807, 2.05) is 31.2 Å². The number of ether oxygens (including phenoxy) is 1. The summed E-state index contributed by atoms with van der Waals surface area (Å²) in [4.78, 5) is 38.7. The third-order valence-corrected chi connectivity index (χ3v) is 7.54. The van der Waals surface area contributed by atoms with Crippen LogP contribution in [0, 0.1) is 22.7 Å². The number of hydrogen-bond acceptors (Lipinski definition) is 7. The Labute approximate surface area is 239 Å². The quantitative estimate of drug-likeness (QED) is 0.0647. The number of aliphatic hydroxyl groups is 1. The van der Waals surface area contributed by atoms with Crippen molar-refractivity contribution >= 4 is 11.9 Å². The maximum atomic E-state index is 12.6. The molecule has 0 unspecified atom stereocenters. The standard InChI is InChI=1S/C32H48N2O6/c1-3-33-31(36)17-11-5-4-10-16-29-28(22-21-27(35)20-19-26-14-8-6-9-15-26)25(2)24-30(29)40-32(37)18-12-7-13-23-39-34-38/h4,6,8-10,14-15,21-22,25,27-30,35H,3,5,7,11-13,16-20,23-24H2,1-2H3,(H,33,36)/b10-4-,22-21+/t25-,27+,28+,29-,30+/m1/s1. The van der Waals surface area contributed by atoms with Crippen LogP contribution in [0.15, 0.2) is 60.0 Å². The lowest BCUT2D eigenvalue weighted by Crippen LogP contribution is -2.25. The van der Waals surface area contributed by atoms with Gasteiger partial charge in [-0.2, -0.15) is 0 Å². The van der Waals surface area contributed by atoms with Crippen LogP contribution in [0.2, 0.25) is 0 Å². The minimum Gasteiger partial charge on any atom is -0.462 e. The van der Waals surface area contributed by atoms with E-state index in [-0.39, 0.29) is 36.4 Å². The molecule has 1 aromatic rings. The van der Waals surface area contributed by atoms with Crippen LogP contribution in [-0.4, -0.2) is 42.3 Å². The second kappa shape index (κ2) is 20.0.